The number of carbonyl (C=O) groups excluding carboxylic acids is 2. The van der Waals surface area contributed by atoms with Crippen LogP contribution in [0.3, 0.4) is 0 Å². The molecule has 1 aliphatic rings. The Hall–Kier alpha value is -2.94. The zero-order chi connectivity index (χ0) is 25.7. The molecular formula is C25H27Cl2NO7. The van der Waals surface area contributed by atoms with E-state index in [0.717, 1.165) is 6.42 Å². The van der Waals surface area contributed by atoms with Crippen molar-refractivity contribution in [2.75, 3.05) is 41.1 Å². The molecule has 1 unspecified atom stereocenters. The number of hydrogen-bond donors (Lipinski definition) is 1. The largest absolute Gasteiger partial charge is 0.507 e. The van der Waals surface area contributed by atoms with Gasteiger partial charge in [-0.1, -0.05) is 42.3 Å². The second-order valence-electron chi connectivity index (χ2n) is 7.69. The smallest absolute Gasteiger partial charge is 0.295 e. The molecule has 1 saturated heterocycles. The number of rotatable bonds is 10. The first-order chi connectivity index (χ1) is 16.8. The molecule has 2 aromatic rings. The minimum atomic E-state index is -0.880. The summed E-state index contributed by atoms with van der Waals surface area (Å²) in [6, 6.07) is 7.50. The van der Waals surface area contributed by atoms with Gasteiger partial charge in [0.1, 0.15) is 16.5 Å². The van der Waals surface area contributed by atoms with Crippen molar-refractivity contribution in [1.82, 2.24) is 4.90 Å². The van der Waals surface area contributed by atoms with Gasteiger partial charge in [0.15, 0.2) is 11.5 Å². The number of carbonyl (C=O) groups is 2. The Balaban J connectivity index is 2.20. The number of ketones is 1. The topological polar surface area (TPSA) is 94.5 Å². The van der Waals surface area contributed by atoms with Crippen LogP contribution in [0.1, 0.15) is 30.5 Å². The van der Waals surface area contributed by atoms with Crippen molar-refractivity contribution in [2.24, 2.45) is 0 Å². The van der Waals surface area contributed by atoms with E-state index in [2.05, 4.69) is 0 Å². The Bertz CT molecular complexity index is 1130. The van der Waals surface area contributed by atoms with Crippen molar-refractivity contribution in [3.8, 4) is 17.2 Å². The number of Topliss-reactive ketones (excluding diaryl/α,β-unsaturated/α-hetero) is 1. The van der Waals surface area contributed by atoms with Gasteiger partial charge in [0.2, 0.25) is 0 Å². The predicted octanol–water partition coefficient (Wildman–Crippen LogP) is 4.87. The molecule has 0 aromatic heterocycles. The summed E-state index contributed by atoms with van der Waals surface area (Å²) in [7, 11) is 4.24. The maximum Gasteiger partial charge on any atom is 0.295 e. The molecule has 1 fully saturated rings. The Kier molecular flexibility index (Phi) is 8.88. The van der Waals surface area contributed by atoms with Gasteiger partial charge in [-0.3, -0.25) is 9.59 Å². The van der Waals surface area contributed by atoms with Crippen molar-refractivity contribution in [3.05, 3.63) is 57.1 Å². The standard InChI is InChI=1S/C25H27Cl2NO7/c1-5-11-35-15-8-6-14(7-9-15)20-18(22(30)25(31)28(20)10-12-32-2)21(29)16-13-17(26)24(34-4)19(27)23(16)33-3/h6-9,13,20,29H,5,10-12H2,1-4H3/b21-18+. The summed E-state index contributed by atoms with van der Waals surface area (Å²) >= 11 is 12.7. The summed E-state index contributed by atoms with van der Waals surface area (Å²) in [5.41, 5.74) is 0.542. The summed E-state index contributed by atoms with van der Waals surface area (Å²) in [4.78, 5) is 27.5. The number of ether oxygens (including phenoxy) is 4. The monoisotopic (exact) mass is 523 g/mol. The SMILES string of the molecule is CCCOc1ccc(C2/C(=C(\O)c3cc(Cl)c(OC)c(Cl)c3OC)C(=O)C(=O)N2CCOC)cc1. The van der Waals surface area contributed by atoms with Crippen LogP contribution in [0.2, 0.25) is 10.0 Å². The van der Waals surface area contributed by atoms with E-state index in [0.29, 0.717) is 17.9 Å². The number of hydrogen-bond acceptors (Lipinski definition) is 7. The van der Waals surface area contributed by atoms with Crippen LogP contribution in [0, 0.1) is 0 Å². The van der Waals surface area contributed by atoms with Crippen LogP contribution >= 0.6 is 23.2 Å². The molecule has 35 heavy (non-hydrogen) atoms. The lowest BCUT2D eigenvalue weighted by Gasteiger charge is -2.25. The molecule has 0 radical (unpaired) electrons. The van der Waals surface area contributed by atoms with E-state index < -0.39 is 23.5 Å². The minimum Gasteiger partial charge on any atom is -0.507 e. The third-order valence-corrected chi connectivity index (χ3v) is 6.16. The highest BCUT2D eigenvalue weighted by molar-refractivity contribution is 6.47. The number of aliphatic hydroxyl groups is 1. The molecule has 1 N–H and O–H groups in total. The number of aliphatic hydroxyl groups excluding tert-OH is 1. The highest BCUT2D eigenvalue weighted by atomic mass is 35.5. The minimum absolute atomic E-state index is 0.0200. The molecule has 1 heterocycles. The van der Waals surface area contributed by atoms with Crippen molar-refractivity contribution in [3.63, 3.8) is 0 Å². The molecular weight excluding hydrogens is 497 g/mol. The number of nitrogens with zero attached hydrogens (tertiary/aromatic N) is 1. The summed E-state index contributed by atoms with van der Waals surface area (Å²) in [5.74, 6) is -1.22. The molecule has 1 atom stereocenters. The van der Waals surface area contributed by atoms with Crippen molar-refractivity contribution in [2.45, 2.75) is 19.4 Å². The molecule has 3 rings (SSSR count). The summed E-state index contributed by atoms with van der Waals surface area (Å²) < 4.78 is 21.4. The molecule has 10 heteroatoms. The number of halogens is 2. The highest BCUT2D eigenvalue weighted by Crippen LogP contribution is 2.47. The first-order valence-corrected chi connectivity index (χ1v) is 11.7. The lowest BCUT2D eigenvalue weighted by Crippen LogP contribution is -2.32. The van der Waals surface area contributed by atoms with Gasteiger partial charge >= 0.3 is 0 Å². The maximum atomic E-state index is 13.2. The second kappa shape index (κ2) is 11.7. The van der Waals surface area contributed by atoms with Crippen molar-refractivity contribution >= 4 is 40.7 Å². The highest BCUT2D eigenvalue weighted by Gasteiger charge is 2.46. The van der Waals surface area contributed by atoms with E-state index in [4.69, 9.17) is 42.1 Å². The fourth-order valence-electron chi connectivity index (χ4n) is 3.90. The predicted molar refractivity (Wildman–Crippen MR) is 133 cm³/mol. The van der Waals surface area contributed by atoms with Gasteiger partial charge < -0.3 is 29.0 Å². The Morgan fingerprint density at radius 1 is 1.03 bits per heavy atom. The average Bonchev–Trinajstić information content (AvgIpc) is 3.10. The zero-order valence-corrected chi connectivity index (χ0v) is 21.4. The van der Waals surface area contributed by atoms with Gasteiger partial charge in [-0.15, -0.1) is 0 Å². The number of amides is 1. The summed E-state index contributed by atoms with van der Waals surface area (Å²) in [6.45, 7) is 2.90. The third kappa shape index (κ3) is 5.19. The molecule has 0 aliphatic carbocycles. The van der Waals surface area contributed by atoms with Crippen LogP contribution in [0.5, 0.6) is 17.2 Å². The maximum absolute atomic E-state index is 13.2. The number of benzene rings is 2. The first-order valence-electron chi connectivity index (χ1n) is 10.9. The van der Waals surface area contributed by atoms with Gasteiger partial charge in [0, 0.05) is 13.7 Å². The van der Waals surface area contributed by atoms with E-state index in [1.54, 1.807) is 24.3 Å². The van der Waals surface area contributed by atoms with E-state index in [1.807, 2.05) is 6.92 Å². The van der Waals surface area contributed by atoms with E-state index >= 15 is 0 Å². The fourth-order valence-corrected chi connectivity index (χ4v) is 4.59. The molecule has 0 saturated carbocycles. The Morgan fingerprint density at radius 3 is 2.26 bits per heavy atom. The van der Waals surface area contributed by atoms with Gasteiger partial charge in [0.05, 0.1) is 49.6 Å². The van der Waals surface area contributed by atoms with Gasteiger partial charge in [-0.2, -0.15) is 0 Å². The third-order valence-electron chi connectivity index (χ3n) is 5.54. The lowest BCUT2D eigenvalue weighted by molar-refractivity contribution is -0.140. The molecule has 1 amide bonds. The van der Waals surface area contributed by atoms with Crippen LogP contribution < -0.4 is 14.2 Å². The van der Waals surface area contributed by atoms with Crippen LogP contribution in [0.25, 0.3) is 5.76 Å². The number of methoxy groups -OCH3 is 3. The summed E-state index contributed by atoms with van der Waals surface area (Å²) in [5, 5.41) is 11.5. The van der Waals surface area contributed by atoms with E-state index in [1.165, 1.54) is 32.3 Å². The van der Waals surface area contributed by atoms with Crippen LogP contribution in [-0.4, -0.2) is 62.8 Å². The van der Waals surface area contributed by atoms with Gasteiger partial charge in [0.25, 0.3) is 11.7 Å². The normalized spacial score (nSPS) is 17.1. The summed E-state index contributed by atoms with van der Waals surface area (Å²) in [6.07, 6.45) is 0.855. The molecule has 8 nitrogen and oxygen atoms in total. The molecule has 0 spiro atoms. The van der Waals surface area contributed by atoms with Crippen LogP contribution in [-0.2, 0) is 14.3 Å². The molecule has 2 aromatic carbocycles. The molecule has 188 valence electrons. The molecule has 0 bridgehead atoms. The van der Waals surface area contributed by atoms with Gasteiger partial charge in [-0.25, -0.2) is 0 Å². The van der Waals surface area contributed by atoms with Crippen molar-refractivity contribution in [1.29, 1.82) is 0 Å². The second-order valence-corrected chi connectivity index (χ2v) is 8.47. The number of likely N-dealkylation sites (tertiary alicyclic amines) is 1. The fraction of sp³-hybridized carbons (Fsp3) is 0.360. The Morgan fingerprint density at radius 2 is 1.69 bits per heavy atom. The Labute approximate surface area is 213 Å². The van der Waals surface area contributed by atoms with E-state index in [9.17, 15) is 14.7 Å². The van der Waals surface area contributed by atoms with Crippen LogP contribution in [0.15, 0.2) is 35.9 Å². The lowest BCUT2D eigenvalue weighted by atomic mass is 9.95. The quantitative estimate of drug-likeness (QED) is 0.269. The van der Waals surface area contributed by atoms with Gasteiger partial charge in [-0.05, 0) is 30.2 Å². The average molecular weight is 524 g/mol. The van der Waals surface area contributed by atoms with E-state index in [-0.39, 0.29) is 45.8 Å². The van der Waals surface area contributed by atoms with Crippen molar-refractivity contribution < 1.29 is 33.6 Å². The zero-order valence-electron chi connectivity index (χ0n) is 19.9. The van der Waals surface area contributed by atoms with Crippen LogP contribution in [0.4, 0.5) is 0 Å². The molecule has 1 aliphatic heterocycles. The first kappa shape index (κ1) is 26.7.